The number of urea groups is 1. The van der Waals surface area contributed by atoms with Crippen molar-refractivity contribution in [3.8, 4) is 0 Å². The number of hydrogen-bond acceptors (Lipinski definition) is 3. The largest absolute Gasteiger partial charge is 0.478 e. The molecule has 110 valence electrons. The van der Waals surface area contributed by atoms with Gasteiger partial charge in [-0.05, 0) is 30.9 Å². The van der Waals surface area contributed by atoms with Crippen molar-refractivity contribution in [1.82, 2.24) is 5.32 Å². The van der Waals surface area contributed by atoms with Crippen molar-refractivity contribution in [2.75, 3.05) is 17.3 Å². The lowest BCUT2D eigenvalue weighted by Gasteiger charge is -2.16. The van der Waals surface area contributed by atoms with Crippen molar-refractivity contribution in [3.63, 3.8) is 0 Å². The van der Waals surface area contributed by atoms with E-state index in [1.54, 1.807) is 11.8 Å². The third-order valence-electron chi connectivity index (χ3n) is 2.66. The molecular formula is C13H17FN2O3S. The van der Waals surface area contributed by atoms with E-state index in [4.69, 9.17) is 5.11 Å². The van der Waals surface area contributed by atoms with Crippen LogP contribution in [0.1, 0.15) is 23.7 Å². The predicted molar refractivity (Wildman–Crippen MR) is 78.0 cm³/mol. The molecule has 0 radical (unpaired) electrons. The lowest BCUT2D eigenvalue weighted by Crippen LogP contribution is -2.39. The molecule has 0 spiro atoms. The van der Waals surface area contributed by atoms with Crippen molar-refractivity contribution in [2.24, 2.45) is 0 Å². The Balaban J connectivity index is 2.68. The molecule has 0 aliphatic carbocycles. The summed E-state index contributed by atoms with van der Waals surface area (Å²) in [6, 6.07) is 2.84. The zero-order valence-electron chi connectivity index (χ0n) is 11.3. The highest BCUT2D eigenvalue weighted by atomic mass is 32.2. The average molecular weight is 300 g/mol. The van der Waals surface area contributed by atoms with Gasteiger partial charge in [-0.2, -0.15) is 11.8 Å². The second kappa shape index (κ2) is 7.74. The van der Waals surface area contributed by atoms with Crippen molar-refractivity contribution in [3.05, 3.63) is 29.6 Å². The van der Waals surface area contributed by atoms with Crippen molar-refractivity contribution in [1.29, 1.82) is 0 Å². The van der Waals surface area contributed by atoms with Gasteiger partial charge in [-0.3, -0.25) is 0 Å². The number of carboxylic acids is 1. The highest BCUT2D eigenvalue weighted by Gasteiger charge is 2.13. The van der Waals surface area contributed by atoms with Crippen LogP contribution in [0.15, 0.2) is 18.2 Å². The average Bonchev–Trinajstić information content (AvgIpc) is 2.40. The minimum atomic E-state index is -1.22. The first kappa shape index (κ1) is 16.3. The van der Waals surface area contributed by atoms with Gasteiger partial charge in [0.05, 0.1) is 11.3 Å². The molecule has 0 saturated heterocycles. The number of aromatic carboxylic acids is 1. The number of carbonyl (C=O) groups is 2. The van der Waals surface area contributed by atoms with Crippen LogP contribution in [0.3, 0.4) is 0 Å². The van der Waals surface area contributed by atoms with E-state index < -0.39 is 17.8 Å². The molecular weight excluding hydrogens is 283 g/mol. The fraction of sp³-hybridized carbons (Fsp3) is 0.385. The van der Waals surface area contributed by atoms with E-state index in [0.717, 1.165) is 18.2 Å². The molecule has 1 aromatic rings. The molecule has 2 amide bonds. The Kier molecular flexibility index (Phi) is 6.30. The van der Waals surface area contributed by atoms with E-state index in [0.29, 0.717) is 0 Å². The Morgan fingerprint density at radius 2 is 2.15 bits per heavy atom. The molecule has 1 atom stereocenters. The smallest absolute Gasteiger partial charge is 0.335 e. The Hall–Kier alpha value is -1.76. The van der Waals surface area contributed by atoms with Gasteiger partial charge >= 0.3 is 12.0 Å². The van der Waals surface area contributed by atoms with E-state index in [9.17, 15) is 14.0 Å². The molecule has 0 aliphatic rings. The molecule has 5 nitrogen and oxygen atoms in total. The number of hydrogen-bond donors (Lipinski definition) is 3. The van der Waals surface area contributed by atoms with Crippen LogP contribution in [-0.2, 0) is 0 Å². The van der Waals surface area contributed by atoms with Crippen LogP contribution < -0.4 is 10.6 Å². The van der Waals surface area contributed by atoms with Gasteiger partial charge in [0.1, 0.15) is 5.82 Å². The van der Waals surface area contributed by atoms with Crippen molar-refractivity contribution >= 4 is 29.4 Å². The number of rotatable bonds is 6. The second-order valence-corrected chi connectivity index (χ2v) is 5.07. The van der Waals surface area contributed by atoms with Crippen molar-refractivity contribution < 1.29 is 19.1 Å². The number of benzene rings is 1. The molecule has 0 saturated carbocycles. The van der Waals surface area contributed by atoms with Crippen LogP contribution in [0.25, 0.3) is 0 Å². The summed E-state index contributed by atoms with van der Waals surface area (Å²) in [5, 5.41) is 13.8. The van der Waals surface area contributed by atoms with Crippen molar-refractivity contribution in [2.45, 2.75) is 19.4 Å². The van der Waals surface area contributed by atoms with E-state index in [1.165, 1.54) is 12.1 Å². The first-order valence-corrected chi connectivity index (χ1v) is 7.46. The number of halogens is 1. The summed E-state index contributed by atoms with van der Waals surface area (Å²) in [6.07, 6.45) is 2.71. The quantitative estimate of drug-likeness (QED) is 0.755. The number of thioether (sulfide) groups is 1. The number of anilines is 1. The van der Waals surface area contributed by atoms with Crippen LogP contribution in [0, 0.1) is 5.82 Å². The van der Waals surface area contributed by atoms with Gasteiger partial charge < -0.3 is 15.7 Å². The molecule has 0 aromatic heterocycles. The van der Waals surface area contributed by atoms with Crippen LogP contribution in [0.5, 0.6) is 0 Å². The van der Waals surface area contributed by atoms with Gasteiger partial charge in [0.2, 0.25) is 0 Å². The minimum absolute atomic E-state index is 0.00588. The highest BCUT2D eigenvalue weighted by Crippen LogP contribution is 2.16. The fourth-order valence-electron chi connectivity index (χ4n) is 1.56. The Morgan fingerprint density at radius 1 is 1.45 bits per heavy atom. The maximum Gasteiger partial charge on any atom is 0.335 e. The summed E-state index contributed by atoms with van der Waals surface area (Å²) >= 11 is 1.61. The minimum Gasteiger partial charge on any atom is -0.478 e. The number of nitrogens with one attached hydrogen (secondary N) is 2. The van der Waals surface area contributed by atoms with Crippen LogP contribution in [-0.4, -0.2) is 35.2 Å². The van der Waals surface area contributed by atoms with E-state index in [-0.39, 0.29) is 17.3 Å². The molecule has 1 rings (SSSR count). The summed E-state index contributed by atoms with van der Waals surface area (Å²) in [6.45, 7) is 1.95. The standard InChI is InChI=1S/C13H17FN2O3S/c1-3-9(7-20-2)15-13(19)16-11-5-4-8(12(17)18)6-10(11)14/h4-6,9H,3,7H2,1-2H3,(H,17,18)(H2,15,16,19). The Labute approximate surface area is 120 Å². The van der Waals surface area contributed by atoms with Gasteiger partial charge in [0, 0.05) is 11.8 Å². The normalized spacial score (nSPS) is 11.8. The van der Waals surface area contributed by atoms with Gasteiger partial charge in [-0.1, -0.05) is 6.92 Å². The molecule has 3 N–H and O–H groups in total. The zero-order chi connectivity index (χ0) is 15.1. The molecule has 1 aromatic carbocycles. The van der Waals surface area contributed by atoms with E-state index >= 15 is 0 Å². The lowest BCUT2D eigenvalue weighted by atomic mass is 10.2. The lowest BCUT2D eigenvalue weighted by molar-refractivity contribution is 0.0696. The van der Waals surface area contributed by atoms with Crippen LogP contribution in [0.4, 0.5) is 14.9 Å². The summed E-state index contributed by atoms with van der Waals surface area (Å²) in [4.78, 5) is 22.4. The third-order valence-corrected chi connectivity index (χ3v) is 3.40. The van der Waals surface area contributed by atoms with Gasteiger partial charge in [-0.15, -0.1) is 0 Å². The number of carbonyl (C=O) groups excluding carboxylic acids is 1. The summed E-state index contributed by atoms with van der Waals surface area (Å²) < 4.78 is 13.6. The number of carboxylic acid groups (broad SMARTS) is 1. The molecule has 20 heavy (non-hydrogen) atoms. The highest BCUT2D eigenvalue weighted by molar-refractivity contribution is 7.98. The maximum atomic E-state index is 13.6. The Bertz CT molecular complexity index is 497. The second-order valence-electron chi connectivity index (χ2n) is 4.16. The SMILES string of the molecule is CCC(CSC)NC(=O)Nc1ccc(C(=O)O)cc1F. The number of amides is 2. The first-order valence-electron chi connectivity index (χ1n) is 6.07. The topological polar surface area (TPSA) is 78.4 Å². The fourth-order valence-corrected chi connectivity index (χ4v) is 2.28. The van der Waals surface area contributed by atoms with E-state index in [2.05, 4.69) is 10.6 Å². The van der Waals surface area contributed by atoms with Gasteiger partial charge in [0.15, 0.2) is 0 Å². The van der Waals surface area contributed by atoms with Crippen LogP contribution in [0.2, 0.25) is 0 Å². The molecule has 1 unspecified atom stereocenters. The Morgan fingerprint density at radius 3 is 2.65 bits per heavy atom. The monoisotopic (exact) mass is 300 g/mol. The summed E-state index contributed by atoms with van der Waals surface area (Å²) in [5.41, 5.74) is -0.214. The zero-order valence-corrected chi connectivity index (χ0v) is 12.1. The molecule has 0 fully saturated rings. The molecule has 0 bridgehead atoms. The first-order chi connectivity index (χ1) is 9.47. The molecule has 0 aliphatic heterocycles. The third kappa shape index (κ3) is 4.73. The van der Waals surface area contributed by atoms with Gasteiger partial charge in [-0.25, -0.2) is 14.0 Å². The molecule has 0 heterocycles. The van der Waals surface area contributed by atoms with Gasteiger partial charge in [0.25, 0.3) is 0 Å². The van der Waals surface area contributed by atoms with Crippen LogP contribution >= 0.6 is 11.8 Å². The molecule has 7 heteroatoms. The van der Waals surface area contributed by atoms with E-state index in [1.807, 2.05) is 13.2 Å². The maximum absolute atomic E-state index is 13.6. The predicted octanol–water partition coefficient (Wildman–Crippen LogP) is 2.79. The summed E-state index contributed by atoms with van der Waals surface area (Å²) in [5.74, 6) is -1.23. The summed E-state index contributed by atoms with van der Waals surface area (Å²) in [7, 11) is 0.